The van der Waals surface area contributed by atoms with Crippen molar-refractivity contribution in [3.8, 4) is 11.5 Å². The summed E-state index contributed by atoms with van der Waals surface area (Å²) in [6.07, 6.45) is 1.02. The largest absolute Gasteiger partial charge is 0.497 e. The van der Waals surface area contributed by atoms with Crippen LogP contribution >= 0.6 is 0 Å². The maximum atomic E-state index is 13.8. The lowest BCUT2D eigenvalue weighted by Gasteiger charge is -2.31. The van der Waals surface area contributed by atoms with Crippen LogP contribution in [0.2, 0.25) is 0 Å². The first-order chi connectivity index (χ1) is 19.9. The van der Waals surface area contributed by atoms with Crippen LogP contribution < -0.4 is 20.1 Å². The summed E-state index contributed by atoms with van der Waals surface area (Å²) in [5, 5.41) is 6.15. The molecule has 2 amide bonds. The van der Waals surface area contributed by atoms with Crippen LogP contribution in [0.15, 0.2) is 78.9 Å². The van der Waals surface area contributed by atoms with Gasteiger partial charge in [0.1, 0.15) is 24.1 Å². The van der Waals surface area contributed by atoms with Gasteiger partial charge in [0.25, 0.3) is 0 Å². The number of rotatable bonds is 14. The van der Waals surface area contributed by atoms with Crippen molar-refractivity contribution in [2.75, 3.05) is 14.2 Å². The van der Waals surface area contributed by atoms with Gasteiger partial charge in [0.05, 0.1) is 13.2 Å². The Bertz CT molecular complexity index is 1270. The highest BCUT2D eigenvalue weighted by Gasteiger charge is 2.30. The minimum atomic E-state index is -0.729. The summed E-state index contributed by atoms with van der Waals surface area (Å²) in [6, 6.07) is 24.4. The maximum absolute atomic E-state index is 13.8. The van der Waals surface area contributed by atoms with E-state index in [0.29, 0.717) is 31.9 Å². The molecule has 7 nitrogen and oxygen atoms in total. The number of likely N-dealkylation sites (N-methyl/N-ethyl adjacent to an activating group) is 1. The first-order valence-corrected chi connectivity index (χ1v) is 14.6. The van der Waals surface area contributed by atoms with Crippen LogP contribution in [0.25, 0.3) is 0 Å². The van der Waals surface area contributed by atoms with Crippen molar-refractivity contribution in [1.29, 1.82) is 0 Å². The number of ether oxygens (including phenoxy) is 2. The molecule has 0 fully saturated rings. The molecule has 0 saturated carbocycles. The molecule has 3 aromatic rings. The molecule has 0 aliphatic heterocycles. The van der Waals surface area contributed by atoms with Gasteiger partial charge in [-0.2, -0.15) is 0 Å². The number of methoxy groups -OCH3 is 1. The van der Waals surface area contributed by atoms with Gasteiger partial charge >= 0.3 is 0 Å². The normalized spacial score (nSPS) is 13.0. The Kier molecular flexibility index (Phi) is 12.0. The van der Waals surface area contributed by atoms with Gasteiger partial charge in [0, 0.05) is 18.5 Å². The summed E-state index contributed by atoms with van der Waals surface area (Å²) in [4.78, 5) is 29.3. The molecule has 226 valence electrons. The summed E-state index contributed by atoms with van der Waals surface area (Å²) in [5.74, 6) is 1.45. The van der Waals surface area contributed by atoms with E-state index in [9.17, 15) is 9.59 Å². The first-order valence-electron chi connectivity index (χ1n) is 14.6. The van der Waals surface area contributed by atoms with Crippen LogP contribution in [0, 0.1) is 5.92 Å². The third kappa shape index (κ3) is 10.9. The first kappa shape index (κ1) is 32.7. The summed E-state index contributed by atoms with van der Waals surface area (Å²) in [7, 11) is 3.59. The van der Waals surface area contributed by atoms with Crippen LogP contribution in [0.1, 0.15) is 57.7 Å². The lowest BCUT2D eigenvalue weighted by molar-refractivity contribution is -0.132. The lowest BCUT2D eigenvalue weighted by Crippen LogP contribution is -2.56. The van der Waals surface area contributed by atoms with Gasteiger partial charge in [-0.3, -0.25) is 14.5 Å². The molecule has 0 aliphatic rings. The van der Waals surface area contributed by atoms with E-state index in [0.717, 1.165) is 28.2 Å². The maximum Gasteiger partial charge on any atom is 0.243 e. The number of hydrogen-bond acceptors (Lipinski definition) is 5. The second-order valence-electron chi connectivity index (χ2n) is 12.3. The Morgan fingerprint density at radius 3 is 2.12 bits per heavy atom. The van der Waals surface area contributed by atoms with E-state index in [1.807, 2.05) is 112 Å². The van der Waals surface area contributed by atoms with Crippen molar-refractivity contribution in [1.82, 2.24) is 15.5 Å². The third-order valence-electron chi connectivity index (χ3n) is 6.84. The Morgan fingerprint density at radius 1 is 0.833 bits per heavy atom. The van der Waals surface area contributed by atoms with Gasteiger partial charge in [0.2, 0.25) is 11.8 Å². The van der Waals surface area contributed by atoms with Gasteiger partial charge in [-0.1, -0.05) is 68.4 Å². The van der Waals surface area contributed by atoms with Crippen molar-refractivity contribution >= 4 is 11.8 Å². The SMILES string of the molecule is COc1cccc(CN(C)[C@H](CC(C)C)C(=O)N[C@@H](Cc2ccc(OCc3ccccc3)cc2)C(=O)NC(C)(C)C)c1. The van der Waals surface area contributed by atoms with Crippen molar-refractivity contribution in [2.45, 2.75) is 78.2 Å². The van der Waals surface area contributed by atoms with Crippen LogP contribution in [0.3, 0.4) is 0 Å². The van der Waals surface area contributed by atoms with E-state index in [-0.39, 0.29) is 11.8 Å². The zero-order valence-electron chi connectivity index (χ0n) is 26.1. The van der Waals surface area contributed by atoms with E-state index in [4.69, 9.17) is 9.47 Å². The Labute approximate surface area is 251 Å². The van der Waals surface area contributed by atoms with Crippen molar-refractivity contribution in [2.24, 2.45) is 5.92 Å². The fraction of sp³-hybridized carbons (Fsp3) is 0.429. The molecule has 0 spiro atoms. The van der Waals surface area contributed by atoms with Crippen molar-refractivity contribution in [3.63, 3.8) is 0 Å². The smallest absolute Gasteiger partial charge is 0.243 e. The van der Waals surface area contributed by atoms with E-state index >= 15 is 0 Å². The lowest BCUT2D eigenvalue weighted by atomic mass is 9.99. The molecule has 2 N–H and O–H groups in total. The highest BCUT2D eigenvalue weighted by molar-refractivity contribution is 5.90. The molecule has 0 heterocycles. The van der Waals surface area contributed by atoms with Crippen molar-refractivity contribution in [3.05, 3.63) is 95.6 Å². The number of nitrogens with zero attached hydrogens (tertiary/aromatic N) is 1. The predicted molar refractivity (Wildman–Crippen MR) is 168 cm³/mol. The number of carbonyl (C=O) groups excluding carboxylic acids is 2. The molecule has 42 heavy (non-hydrogen) atoms. The summed E-state index contributed by atoms with van der Waals surface area (Å²) in [6.45, 7) is 11.1. The molecule has 0 unspecified atom stereocenters. The molecule has 2 atom stereocenters. The molecule has 0 aromatic heterocycles. The van der Waals surface area contributed by atoms with Gasteiger partial charge < -0.3 is 20.1 Å². The van der Waals surface area contributed by atoms with E-state index in [2.05, 4.69) is 24.5 Å². The molecular formula is C35H47N3O4. The van der Waals surface area contributed by atoms with Crippen LogP contribution in [-0.2, 0) is 29.2 Å². The number of carbonyl (C=O) groups is 2. The van der Waals surface area contributed by atoms with Gasteiger partial charge in [-0.25, -0.2) is 0 Å². The Balaban J connectivity index is 1.74. The zero-order valence-corrected chi connectivity index (χ0v) is 26.1. The fourth-order valence-corrected chi connectivity index (χ4v) is 4.73. The monoisotopic (exact) mass is 573 g/mol. The topological polar surface area (TPSA) is 79.9 Å². The highest BCUT2D eigenvalue weighted by atomic mass is 16.5. The number of benzene rings is 3. The number of nitrogens with one attached hydrogen (secondary N) is 2. The minimum Gasteiger partial charge on any atom is -0.497 e. The van der Waals surface area contributed by atoms with Gasteiger partial charge in [-0.05, 0) is 81.1 Å². The van der Waals surface area contributed by atoms with E-state index in [1.165, 1.54) is 0 Å². The van der Waals surface area contributed by atoms with Crippen LogP contribution in [-0.4, -0.2) is 48.5 Å². The second-order valence-corrected chi connectivity index (χ2v) is 12.3. The molecular weight excluding hydrogens is 526 g/mol. The summed E-state index contributed by atoms with van der Waals surface area (Å²) >= 11 is 0. The average molecular weight is 574 g/mol. The zero-order chi connectivity index (χ0) is 30.7. The highest BCUT2D eigenvalue weighted by Crippen LogP contribution is 2.19. The Morgan fingerprint density at radius 2 is 1.50 bits per heavy atom. The molecule has 0 bridgehead atoms. The van der Waals surface area contributed by atoms with E-state index < -0.39 is 17.6 Å². The minimum absolute atomic E-state index is 0.161. The fourth-order valence-electron chi connectivity index (χ4n) is 4.73. The molecule has 0 saturated heterocycles. The number of hydrogen-bond donors (Lipinski definition) is 2. The average Bonchev–Trinajstić information content (AvgIpc) is 2.94. The molecule has 7 heteroatoms. The summed E-state index contributed by atoms with van der Waals surface area (Å²) in [5.41, 5.74) is 2.64. The molecule has 0 aliphatic carbocycles. The van der Waals surface area contributed by atoms with Crippen molar-refractivity contribution < 1.29 is 19.1 Å². The van der Waals surface area contributed by atoms with Crippen LogP contribution in [0.5, 0.6) is 11.5 Å². The predicted octanol–water partition coefficient (Wildman–Crippen LogP) is 5.76. The molecule has 0 radical (unpaired) electrons. The molecule has 3 aromatic carbocycles. The molecule has 3 rings (SSSR count). The summed E-state index contributed by atoms with van der Waals surface area (Å²) < 4.78 is 11.3. The second kappa shape index (κ2) is 15.4. The third-order valence-corrected chi connectivity index (χ3v) is 6.84. The van der Waals surface area contributed by atoms with Crippen LogP contribution in [0.4, 0.5) is 0 Å². The van der Waals surface area contributed by atoms with E-state index in [1.54, 1.807) is 7.11 Å². The quantitative estimate of drug-likeness (QED) is 0.256. The standard InChI is InChI=1S/C35H47N3O4/c1-25(2)20-32(38(6)23-28-14-11-15-30(21-28)41-7)34(40)36-31(33(39)37-35(3,4)5)22-26-16-18-29(19-17-26)42-24-27-12-9-8-10-13-27/h8-19,21,25,31-32H,20,22-24H2,1-7H3,(H,36,40)(H,37,39)/t31-,32+/m0/s1. The Hall–Kier alpha value is -3.84. The van der Waals surface area contributed by atoms with Gasteiger partial charge in [0.15, 0.2) is 0 Å². The number of amides is 2. The van der Waals surface area contributed by atoms with Gasteiger partial charge in [-0.15, -0.1) is 0 Å².